The first-order valence-corrected chi connectivity index (χ1v) is 11.9. The lowest BCUT2D eigenvalue weighted by atomic mass is 9.49. The number of allylic oxidation sites excluding steroid dienone is 2. The van der Waals surface area contributed by atoms with E-state index in [0.29, 0.717) is 11.6 Å². The first kappa shape index (κ1) is 20.1. The van der Waals surface area contributed by atoms with Gasteiger partial charge in [0.25, 0.3) is 0 Å². The van der Waals surface area contributed by atoms with Crippen molar-refractivity contribution in [3.05, 3.63) is 130 Å². The second kappa shape index (κ2) is 8.08. The highest BCUT2D eigenvalue weighted by Crippen LogP contribution is 2.46. The van der Waals surface area contributed by atoms with E-state index in [-0.39, 0.29) is 0 Å². The van der Waals surface area contributed by atoms with Gasteiger partial charge >= 0.3 is 0 Å². The molecule has 4 aromatic rings. The maximum atomic E-state index is 2.43. The number of hydrogen-bond donors (Lipinski definition) is 0. The van der Waals surface area contributed by atoms with E-state index in [0.717, 1.165) is 7.28 Å². The molecule has 2 unspecified atom stereocenters. The second-order valence-electron chi connectivity index (χ2n) is 9.47. The Morgan fingerprint density at radius 3 is 1.33 bits per heavy atom. The van der Waals surface area contributed by atoms with Crippen LogP contribution >= 0.6 is 0 Å². The summed E-state index contributed by atoms with van der Waals surface area (Å²) < 4.78 is 0. The second-order valence-corrected chi connectivity index (χ2v) is 9.47. The SMILES string of the molecule is CC1=Cc2c(-c3ccccc3)cccc2C1BC1C(C)=Cc2c(-c3ccccc3)cccc21. The van der Waals surface area contributed by atoms with Gasteiger partial charge in [-0.05, 0) is 70.0 Å². The van der Waals surface area contributed by atoms with Crippen LogP contribution in [0.4, 0.5) is 0 Å². The first-order chi connectivity index (χ1) is 16.2. The fraction of sp³-hybridized carbons (Fsp3) is 0.125. The normalized spacial score (nSPS) is 18.4. The van der Waals surface area contributed by atoms with Crippen LogP contribution in [0.15, 0.2) is 108 Å². The van der Waals surface area contributed by atoms with Gasteiger partial charge in [0, 0.05) is 0 Å². The summed E-state index contributed by atoms with van der Waals surface area (Å²) in [6, 6.07) is 35.3. The van der Waals surface area contributed by atoms with Crippen LogP contribution in [0.5, 0.6) is 0 Å². The Bertz CT molecular complexity index is 1280. The van der Waals surface area contributed by atoms with E-state index < -0.39 is 0 Å². The van der Waals surface area contributed by atoms with Crippen molar-refractivity contribution in [1.82, 2.24) is 0 Å². The molecule has 0 amide bonds. The molecule has 2 aliphatic carbocycles. The highest BCUT2D eigenvalue weighted by molar-refractivity contribution is 6.44. The van der Waals surface area contributed by atoms with Crippen molar-refractivity contribution in [1.29, 1.82) is 0 Å². The Hall–Kier alpha value is -3.58. The molecule has 6 rings (SSSR count). The Labute approximate surface area is 197 Å². The van der Waals surface area contributed by atoms with Crippen molar-refractivity contribution in [3.8, 4) is 22.3 Å². The Kier molecular flexibility index (Phi) is 4.91. The zero-order valence-electron chi connectivity index (χ0n) is 19.3. The molecular formula is C32H27B. The van der Waals surface area contributed by atoms with Gasteiger partial charge in [0.2, 0.25) is 0 Å². The molecule has 0 aromatic heterocycles. The van der Waals surface area contributed by atoms with E-state index in [4.69, 9.17) is 0 Å². The molecule has 2 atom stereocenters. The van der Waals surface area contributed by atoms with Crippen LogP contribution in [-0.2, 0) is 0 Å². The number of fused-ring (bicyclic) bond motifs is 2. The lowest BCUT2D eigenvalue weighted by Gasteiger charge is -2.21. The van der Waals surface area contributed by atoms with E-state index in [1.54, 1.807) is 0 Å². The molecule has 0 heterocycles. The molecule has 0 aliphatic heterocycles. The van der Waals surface area contributed by atoms with Crippen LogP contribution in [-0.4, -0.2) is 7.28 Å². The molecule has 0 radical (unpaired) electrons. The molecule has 2 aliphatic rings. The van der Waals surface area contributed by atoms with E-state index in [1.165, 1.54) is 55.7 Å². The quantitative estimate of drug-likeness (QED) is 0.292. The van der Waals surface area contributed by atoms with E-state index in [9.17, 15) is 0 Å². The number of benzene rings is 4. The Morgan fingerprint density at radius 2 is 0.909 bits per heavy atom. The summed E-state index contributed by atoms with van der Waals surface area (Å²) in [4.78, 5) is 0. The number of hydrogen-bond acceptors (Lipinski definition) is 0. The Balaban J connectivity index is 1.37. The zero-order valence-corrected chi connectivity index (χ0v) is 19.3. The lowest BCUT2D eigenvalue weighted by molar-refractivity contribution is 1.04. The third-order valence-corrected chi connectivity index (χ3v) is 7.51. The van der Waals surface area contributed by atoms with Crippen molar-refractivity contribution < 1.29 is 0 Å². The van der Waals surface area contributed by atoms with Crippen molar-refractivity contribution in [3.63, 3.8) is 0 Å². The van der Waals surface area contributed by atoms with Crippen molar-refractivity contribution in [2.75, 3.05) is 0 Å². The summed E-state index contributed by atoms with van der Waals surface area (Å²) >= 11 is 0. The van der Waals surface area contributed by atoms with Gasteiger partial charge < -0.3 is 0 Å². The molecule has 0 bridgehead atoms. The van der Waals surface area contributed by atoms with Gasteiger partial charge in [0.1, 0.15) is 7.28 Å². The zero-order chi connectivity index (χ0) is 22.4. The van der Waals surface area contributed by atoms with Crippen molar-refractivity contribution in [2.45, 2.75) is 25.5 Å². The molecule has 4 aromatic carbocycles. The number of rotatable bonds is 4. The summed E-state index contributed by atoms with van der Waals surface area (Å²) in [5.41, 5.74) is 14.0. The van der Waals surface area contributed by atoms with Crippen molar-refractivity contribution in [2.24, 2.45) is 0 Å². The van der Waals surface area contributed by atoms with E-state index in [2.05, 4.69) is 123 Å². The molecule has 0 fully saturated rings. The minimum Gasteiger partial charge on any atom is -0.0728 e. The van der Waals surface area contributed by atoms with Crippen LogP contribution in [0, 0.1) is 0 Å². The molecule has 0 N–H and O–H groups in total. The van der Waals surface area contributed by atoms with Crippen LogP contribution in [0.25, 0.3) is 34.4 Å². The molecule has 1 heteroatoms. The predicted molar refractivity (Wildman–Crippen MR) is 144 cm³/mol. The minimum absolute atomic E-state index is 0.461. The third-order valence-electron chi connectivity index (χ3n) is 7.51. The molecule has 158 valence electrons. The van der Waals surface area contributed by atoms with Crippen LogP contribution in [0.1, 0.15) is 47.7 Å². The average Bonchev–Trinajstić information content (AvgIpc) is 3.36. The highest BCUT2D eigenvalue weighted by atomic mass is 14.3. The predicted octanol–water partition coefficient (Wildman–Crippen LogP) is 8.07. The highest BCUT2D eigenvalue weighted by Gasteiger charge is 2.33. The van der Waals surface area contributed by atoms with Gasteiger partial charge in [-0.1, -0.05) is 120 Å². The van der Waals surface area contributed by atoms with Gasteiger partial charge in [-0.3, -0.25) is 0 Å². The van der Waals surface area contributed by atoms with Gasteiger partial charge in [-0.25, -0.2) is 0 Å². The fourth-order valence-corrected chi connectivity index (χ4v) is 5.84. The van der Waals surface area contributed by atoms with Gasteiger partial charge in [0.15, 0.2) is 0 Å². The van der Waals surface area contributed by atoms with E-state index in [1.807, 2.05) is 0 Å². The van der Waals surface area contributed by atoms with Crippen LogP contribution in [0.2, 0.25) is 0 Å². The van der Waals surface area contributed by atoms with Gasteiger partial charge in [-0.15, -0.1) is 0 Å². The topological polar surface area (TPSA) is 0 Å². The summed E-state index contributed by atoms with van der Waals surface area (Å²) in [6.45, 7) is 4.63. The maximum Gasteiger partial charge on any atom is 0.149 e. The molecule has 33 heavy (non-hydrogen) atoms. The summed E-state index contributed by atoms with van der Waals surface area (Å²) in [6.07, 6.45) is 4.86. The van der Waals surface area contributed by atoms with E-state index >= 15 is 0 Å². The van der Waals surface area contributed by atoms with Gasteiger partial charge in [0.05, 0.1) is 0 Å². The van der Waals surface area contributed by atoms with Crippen molar-refractivity contribution >= 4 is 19.4 Å². The summed E-state index contributed by atoms with van der Waals surface area (Å²) in [5, 5.41) is 0. The fourth-order valence-electron chi connectivity index (χ4n) is 5.84. The Morgan fingerprint density at radius 1 is 0.485 bits per heavy atom. The maximum absolute atomic E-state index is 2.43. The monoisotopic (exact) mass is 422 g/mol. The minimum atomic E-state index is 0.461. The molecule has 0 nitrogen and oxygen atoms in total. The average molecular weight is 422 g/mol. The van der Waals surface area contributed by atoms with Gasteiger partial charge in [-0.2, -0.15) is 0 Å². The molecule has 0 saturated heterocycles. The first-order valence-electron chi connectivity index (χ1n) is 11.9. The summed E-state index contributed by atoms with van der Waals surface area (Å²) in [7, 11) is 1.13. The standard InChI is InChI=1S/C32H27B/c1-21-19-29-25(23-11-5-3-6-12-23)15-9-17-27(29)31(21)33-32-22(2)20-30-26(16-10-18-28(30)32)24-13-7-4-8-14-24/h3-20,31-33H,1-2H3. The largest absolute Gasteiger partial charge is 0.149 e. The molecule has 0 spiro atoms. The summed E-state index contributed by atoms with van der Waals surface area (Å²) in [5.74, 6) is 0.923. The third kappa shape index (κ3) is 3.40. The van der Waals surface area contributed by atoms with Crippen LogP contribution < -0.4 is 0 Å². The van der Waals surface area contributed by atoms with Crippen LogP contribution in [0.3, 0.4) is 0 Å². The lowest BCUT2D eigenvalue weighted by Crippen LogP contribution is -2.16. The molecule has 0 saturated carbocycles. The molecular weight excluding hydrogens is 395 g/mol. The smallest absolute Gasteiger partial charge is 0.0728 e.